The van der Waals surface area contributed by atoms with Gasteiger partial charge in [0.05, 0.1) is 18.7 Å². The molecule has 0 saturated carbocycles. The van der Waals surface area contributed by atoms with Crippen molar-refractivity contribution in [1.82, 2.24) is 4.57 Å². The Morgan fingerprint density at radius 2 is 1.77 bits per heavy atom. The molecule has 5 atom stereocenters. The third-order valence-corrected chi connectivity index (χ3v) is 5.65. The number of benzene rings is 2. The molecular formula is C23H26FNO6. The summed E-state index contributed by atoms with van der Waals surface area (Å²) in [6.07, 6.45) is -4.23. The summed E-state index contributed by atoms with van der Waals surface area (Å²) < 4.78 is 26.8. The topological polar surface area (TPSA) is 104 Å². The lowest BCUT2D eigenvalue weighted by molar-refractivity contribution is -0.250. The molecule has 2 heterocycles. The number of aliphatic hydroxyl groups excluding tert-OH is 4. The molecule has 8 heteroatoms. The van der Waals surface area contributed by atoms with Gasteiger partial charge in [-0.05, 0) is 54.8 Å². The number of hydrogen-bond acceptors (Lipinski definition) is 6. The number of hydrogen-bond donors (Lipinski definition) is 4. The highest BCUT2D eigenvalue weighted by atomic mass is 19.1. The second-order valence-electron chi connectivity index (χ2n) is 7.70. The van der Waals surface area contributed by atoms with E-state index in [1.54, 1.807) is 16.8 Å². The van der Waals surface area contributed by atoms with Gasteiger partial charge < -0.3 is 34.5 Å². The van der Waals surface area contributed by atoms with E-state index >= 15 is 0 Å². The lowest BCUT2D eigenvalue weighted by Crippen LogP contribution is -2.56. The van der Waals surface area contributed by atoms with Crippen LogP contribution in [0, 0.1) is 5.82 Å². The Labute approximate surface area is 178 Å². The third kappa shape index (κ3) is 4.17. The molecule has 166 valence electrons. The predicted molar refractivity (Wildman–Crippen MR) is 111 cm³/mol. The van der Waals surface area contributed by atoms with Crippen molar-refractivity contribution in [1.29, 1.82) is 0 Å². The monoisotopic (exact) mass is 431 g/mol. The van der Waals surface area contributed by atoms with Crippen molar-refractivity contribution in [3.05, 3.63) is 65.6 Å². The number of aliphatic hydroxyl groups is 4. The van der Waals surface area contributed by atoms with Crippen LogP contribution in [0.1, 0.15) is 24.3 Å². The van der Waals surface area contributed by atoms with Gasteiger partial charge in [-0.1, -0.05) is 12.1 Å². The van der Waals surface area contributed by atoms with E-state index in [-0.39, 0.29) is 0 Å². The van der Waals surface area contributed by atoms with Crippen LogP contribution in [0.5, 0.6) is 5.75 Å². The van der Waals surface area contributed by atoms with Gasteiger partial charge in [-0.2, -0.15) is 0 Å². The van der Waals surface area contributed by atoms with Crippen molar-refractivity contribution in [3.63, 3.8) is 0 Å². The van der Waals surface area contributed by atoms with Crippen LogP contribution in [0.4, 0.5) is 4.39 Å². The molecule has 0 aliphatic carbocycles. The normalized spacial score (nSPS) is 26.3. The van der Waals surface area contributed by atoms with Crippen LogP contribution >= 0.6 is 0 Å². The molecule has 4 N–H and O–H groups in total. The minimum Gasteiger partial charge on any atom is -0.494 e. The first-order valence-electron chi connectivity index (χ1n) is 10.2. The summed E-state index contributed by atoms with van der Waals surface area (Å²) in [4.78, 5) is 0. The van der Waals surface area contributed by atoms with E-state index in [0.717, 1.165) is 16.9 Å². The van der Waals surface area contributed by atoms with Crippen molar-refractivity contribution < 1.29 is 34.3 Å². The van der Waals surface area contributed by atoms with Gasteiger partial charge in [0, 0.05) is 11.6 Å². The van der Waals surface area contributed by atoms with E-state index in [0.29, 0.717) is 23.9 Å². The van der Waals surface area contributed by atoms with Gasteiger partial charge in [0.1, 0.15) is 36.0 Å². The average molecular weight is 431 g/mol. The molecule has 7 nitrogen and oxygen atoms in total. The lowest BCUT2D eigenvalue weighted by atomic mass is 9.98. The first kappa shape index (κ1) is 21.7. The Morgan fingerprint density at radius 3 is 2.45 bits per heavy atom. The second-order valence-corrected chi connectivity index (χ2v) is 7.70. The van der Waals surface area contributed by atoms with Gasteiger partial charge in [0.15, 0.2) is 6.23 Å². The maximum Gasteiger partial charge on any atom is 0.163 e. The van der Waals surface area contributed by atoms with Gasteiger partial charge >= 0.3 is 0 Å². The molecule has 0 bridgehead atoms. The lowest BCUT2D eigenvalue weighted by Gasteiger charge is -2.40. The molecule has 0 radical (unpaired) electrons. The summed E-state index contributed by atoms with van der Waals surface area (Å²) in [6.45, 7) is 1.97. The highest BCUT2D eigenvalue weighted by molar-refractivity contribution is 5.84. The number of fused-ring (bicyclic) bond motifs is 1. The Hall–Kier alpha value is -2.49. The van der Waals surface area contributed by atoms with Crippen molar-refractivity contribution in [2.75, 3.05) is 13.2 Å². The zero-order chi connectivity index (χ0) is 22.1. The fourth-order valence-corrected chi connectivity index (χ4v) is 4.05. The highest BCUT2D eigenvalue weighted by Gasteiger charge is 2.44. The summed E-state index contributed by atoms with van der Waals surface area (Å²) >= 11 is 0. The van der Waals surface area contributed by atoms with E-state index in [1.165, 1.54) is 12.1 Å². The Morgan fingerprint density at radius 1 is 1.03 bits per heavy atom. The van der Waals surface area contributed by atoms with Crippen LogP contribution in [-0.4, -0.2) is 62.6 Å². The molecule has 1 saturated heterocycles. The molecule has 0 spiro atoms. The first-order valence-corrected chi connectivity index (χ1v) is 10.2. The number of halogens is 1. The quantitative estimate of drug-likeness (QED) is 0.474. The van der Waals surface area contributed by atoms with Crippen LogP contribution in [0.15, 0.2) is 48.7 Å². The fourth-order valence-electron chi connectivity index (χ4n) is 4.05. The van der Waals surface area contributed by atoms with Gasteiger partial charge in [-0.15, -0.1) is 0 Å². The van der Waals surface area contributed by atoms with Crippen LogP contribution in [0.2, 0.25) is 0 Å². The van der Waals surface area contributed by atoms with Crippen LogP contribution in [0.25, 0.3) is 10.9 Å². The van der Waals surface area contributed by atoms with Gasteiger partial charge in [-0.25, -0.2) is 4.39 Å². The summed E-state index contributed by atoms with van der Waals surface area (Å²) in [5, 5.41) is 40.9. The largest absolute Gasteiger partial charge is 0.494 e. The molecular weight excluding hydrogens is 405 g/mol. The Balaban J connectivity index is 1.72. The molecule has 3 aromatic rings. The standard InChI is InChI=1S/C23H26FNO6/c1-2-30-16-6-3-13(4-7-16)9-14-11-25(18-8-5-15(24)10-17(14)18)23-22(29)21(28)20(27)19(12-26)31-23/h3-8,10-11,19-23,26-29H,2,9,12H2,1H3/t19-,20-,21+,22-,23-/m1/s1. The Kier molecular flexibility index (Phi) is 6.27. The van der Waals surface area contributed by atoms with E-state index in [4.69, 9.17) is 9.47 Å². The molecule has 1 aliphatic rings. The summed E-state index contributed by atoms with van der Waals surface area (Å²) in [7, 11) is 0. The molecule has 0 amide bonds. The predicted octanol–water partition coefficient (Wildman–Crippen LogP) is 1.74. The molecule has 1 fully saturated rings. The molecule has 2 aromatic carbocycles. The highest BCUT2D eigenvalue weighted by Crippen LogP contribution is 2.34. The summed E-state index contributed by atoms with van der Waals surface area (Å²) in [5.74, 6) is 0.369. The van der Waals surface area contributed by atoms with E-state index in [9.17, 15) is 24.8 Å². The number of rotatable bonds is 6. The van der Waals surface area contributed by atoms with Gasteiger partial charge in [0.2, 0.25) is 0 Å². The summed E-state index contributed by atoms with van der Waals surface area (Å²) in [5.41, 5.74) is 2.39. The number of aromatic nitrogens is 1. The van der Waals surface area contributed by atoms with E-state index < -0.39 is 43.1 Å². The van der Waals surface area contributed by atoms with Crippen molar-refractivity contribution in [2.45, 2.75) is 44.0 Å². The zero-order valence-electron chi connectivity index (χ0n) is 17.1. The fraction of sp³-hybridized carbons (Fsp3) is 0.391. The van der Waals surface area contributed by atoms with Crippen LogP contribution in [-0.2, 0) is 11.2 Å². The SMILES string of the molecule is CCOc1ccc(Cc2cn([C@@H]3O[C@H](CO)[C@@H](O)[C@H](O)[C@H]3O)c3ccc(F)cc23)cc1. The maximum atomic E-state index is 14.0. The van der Waals surface area contributed by atoms with Gasteiger partial charge in [0.25, 0.3) is 0 Å². The van der Waals surface area contributed by atoms with Crippen LogP contribution < -0.4 is 4.74 Å². The second kappa shape index (κ2) is 8.94. The Bertz CT molecular complexity index is 1030. The minimum absolute atomic E-state index is 0.396. The smallest absolute Gasteiger partial charge is 0.163 e. The van der Waals surface area contributed by atoms with Crippen molar-refractivity contribution >= 4 is 10.9 Å². The molecule has 31 heavy (non-hydrogen) atoms. The third-order valence-electron chi connectivity index (χ3n) is 5.65. The first-order chi connectivity index (χ1) is 14.9. The van der Waals surface area contributed by atoms with Crippen molar-refractivity contribution in [2.24, 2.45) is 0 Å². The van der Waals surface area contributed by atoms with E-state index in [2.05, 4.69) is 0 Å². The summed E-state index contributed by atoms with van der Waals surface area (Å²) in [6, 6.07) is 11.9. The van der Waals surface area contributed by atoms with Crippen LogP contribution in [0.3, 0.4) is 0 Å². The molecule has 0 unspecified atom stereocenters. The zero-order valence-corrected chi connectivity index (χ0v) is 17.1. The molecule has 1 aromatic heterocycles. The number of ether oxygens (including phenoxy) is 2. The van der Waals surface area contributed by atoms with Crippen molar-refractivity contribution in [3.8, 4) is 5.75 Å². The number of nitrogens with zero attached hydrogens (tertiary/aromatic N) is 1. The maximum absolute atomic E-state index is 14.0. The average Bonchev–Trinajstić information content (AvgIpc) is 3.11. The van der Waals surface area contributed by atoms with E-state index in [1.807, 2.05) is 31.2 Å². The van der Waals surface area contributed by atoms with Gasteiger partial charge in [-0.3, -0.25) is 0 Å². The minimum atomic E-state index is -1.50. The molecule has 4 rings (SSSR count). The molecule has 1 aliphatic heterocycles.